The van der Waals surface area contributed by atoms with Crippen molar-refractivity contribution in [2.75, 3.05) is 32.8 Å². The predicted octanol–water partition coefficient (Wildman–Crippen LogP) is 3.37. The molecular weight excluding hydrogens is 646 g/mol. The zero-order valence-electron chi connectivity index (χ0n) is 30.9. The van der Waals surface area contributed by atoms with Crippen LogP contribution in [0.15, 0.2) is 72.8 Å². The molecule has 11 heteroatoms. The third kappa shape index (κ3) is 14.8. The van der Waals surface area contributed by atoms with Gasteiger partial charge in [0.15, 0.2) is 5.78 Å². The minimum absolute atomic E-state index is 0.0183. The van der Waals surface area contributed by atoms with Gasteiger partial charge in [-0.25, -0.2) is 0 Å². The van der Waals surface area contributed by atoms with Gasteiger partial charge in [-0.15, -0.1) is 0 Å². The van der Waals surface area contributed by atoms with Crippen molar-refractivity contribution in [1.82, 2.24) is 26.2 Å². The number of amides is 4. The number of hydrogen-bond donors (Lipinski definition) is 4. The first-order chi connectivity index (χ1) is 24.3. The van der Waals surface area contributed by atoms with Crippen LogP contribution in [0.2, 0.25) is 0 Å². The number of nitrogens with zero attached hydrogens (tertiary/aromatic N) is 1. The summed E-state index contributed by atoms with van der Waals surface area (Å²) in [5, 5.41) is 11.6. The molecule has 2 unspecified atom stereocenters. The quantitative estimate of drug-likeness (QED) is 0.155. The highest BCUT2D eigenvalue weighted by Gasteiger charge is 2.32. The van der Waals surface area contributed by atoms with Crippen LogP contribution in [0.25, 0.3) is 0 Å². The summed E-state index contributed by atoms with van der Waals surface area (Å²) in [5.74, 6) is -1.91. The molecule has 1 aliphatic heterocycles. The van der Waals surface area contributed by atoms with Crippen LogP contribution in [-0.2, 0) is 41.6 Å². The van der Waals surface area contributed by atoms with E-state index >= 15 is 0 Å². The van der Waals surface area contributed by atoms with E-state index in [0.717, 1.165) is 11.1 Å². The summed E-state index contributed by atoms with van der Waals surface area (Å²) in [7, 11) is 0. The Balaban J connectivity index is 1.82. The summed E-state index contributed by atoms with van der Waals surface area (Å²) in [6, 6.07) is 15.3. The lowest BCUT2D eigenvalue weighted by molar-refractivity contribution is -0.134. The number of benzene rings is 2. The largest absolute Gasteiger partial charge is 0.379 e. The predicted molar refractivity (Wildman–Crippen MR) is 199 cm³/mol. The zero-order valence-corrected chi connectivity index (χ0v) is 30.9. The Morgan fingerprint density at radius 1 is 0.686 bits per heavy atom. The highest BCUT2D eigenvalue weighted by Crippen LogP contribution is 2.13. The third-order valence-electron chi connectivity index (χ3n) is 8.70. The van der Waals surface area contributed by atoms with E-state index in [1.165, 1.54) is 0 Å². The third-order valence-corrected chi connectivity index (χ3v) is 8.70. The van der Waals surface area contributed by atoms with Gasteiger partial charge in [-0.3, -0.25) is 28.9 Å². The number of aryl methyl sites for hydroxylation is 1. The molecule has 3 rings (SSSR count). The second-order valence-corrected chi connectivity index (χ2v) is 14.3. The molecule has 1 heterocycles. The summed E-state index contributed by atoms with van der Waals surface area (Å²) < 4.78 is 5.40. The van der Waals surface area contributed by atoms with Gasteiger partial charge in [0.25, 0.3) is 0 Å². The van der Waals surface area contributed by atoms with Crippen molar-refractivity contribution in [2.45, 2.75) is 90.9 Å². The van der Waals surface area contributed by atoms with Crippen molar-refractivity contribution in [3.8, 4) is 0 Å². The van der Waals surface area contributed by atoms with E-state index in [1.54, 1.807) is 6.92 Å². The monoisotopic (exact) mass is 703 g/mol. The smallest absolute Gasteiger partial charge is 0.243 e. The van der Waals surface area contributed by atoms with Gasteiger partial charge in [-0.2, -0.15) is 0 Å². The first kappa shape index (κ1) is 41.1. The molecule has 0 aliphatic carbocycles. The van der Waals surface area contributed by atoms with Crippen molar-refractivity contribution in [1.29, 1.82) is 0 Å². The second-order valence-electron chi connectivity index (χ2n) is 14.3. The molecule has 4 N–H and O–H groups in total. The second kappa shape index (κ2) is 21.1. The Morgan fingerprint density at radius 3 is 1.75 bits per heavy atom. The molecule has 278 valence electrons. The molecular formula is C40H57N5O6. The van der Waals surface area contributed by atoms with Gasteiger partial charge in [-0.1, -0.05) is 94.9 Å². The minimum Gasteiger partial charge on any atom is -0.379 e. The summed E-state index contributed by atoms with van der Waals surface area (Å²) in [5.41, 5.74) is 2.17. The Kier molecular flexibility index (Phi) is 17.0. The van der Waals surface area contributed by atoms with E-state index in [4.69, 9.17) is 4.74 Å². The maximum atomic E-state index is 14.0. The normalized spacial score (nSPS) is 15.7. The van der Waals surface area contributed by atoms with Crippen LogP contribution in [0.1, 0.15) is 65.0 Å². The van der Waals surface area contributed by atoms with Crippen molar-refractivity contribution in [2.24, 2.45) is 11.8 Å². The SMILES string of the molecule is C=C(C)C(=O)C(CC(C)C)NC(=O)[C@H](Cc1ccccc1)NC(=O)C(CC(C)C)NC(=O)[C@H](CCc1ccccc1)NC(=O)CN1CCOCC1. The molecule has 0 radical (unpaired) electrons. The molecule has 51 heavy (non-hydrogen) atoms. The molecule has 1 aliphatic rings. The van der Waals surface area contributed by atoms with Crippen molar-refractivity contribution in [3.05, 3.63) is 83.9 Å². The number of hydrogen-bond acceptors (Lipinski definition) is 7. The van der Waals surface area contributed by atoms with Gasteiger partial charge in [0.05, 0.1) is 25.8 Å². The van der Waals surface area contributed by atoms with Crippen molar-refractivity contribution in [3.63, 3.8) is 0 Å². The van der Waals surface area contributed by atoms with Crippen molar-refractivity contribution >= 4 is 29.4 Å². The average Bonchev–Trinajstić information content (AvgIpc) is 3.09. The fraction of sp³-hybridized carbons (Fsp3) is 0.525. The molecule has 11 nitrogen and oxygen atoms in total. The average molecular weight is 704 g/mol. The first-order valence-electron chi connectivity index (χ1n) is 18.1. The minimum atomic E-state index is -1.03. The van der Waals surface area contributed by atoms with E-state index in [9.17, 15) is 24.0 Å². The fourth-order valence-electron chi connectivity index (χ4n) is 6.01. The topological polar surface area (TPSA) is 146 Å². The molecule has 1 saturated heterocycles. The Bertz CT molecular complexity index is 1440. The van der Waals surface area contributed by atoms with Crippen molar-refractivity contribution < 1.29 is 28.7 Å². The number of carbonyl (C=O) groups excluding carboxylic acids is 5. The van der Waals surface area contributed by atoms with Gasteiger partial charge in [0.1, 0.15) is 18.1 Å². The number of ketones is 1. The number of rotatable bonds is 20. The number of morpholine rings is 1. The molecule has 4 amide bonds. The highest BCUT2D eigenvalue weighted by atomic mass is 16.5. The zero-order chi connectivity index (χ0) is 37.3. The molecule has 2 aromatic carbocycles. The lowest BCUT2D eigenvalue weighted by atomic mass is 9.96. The number of nitrogens with one attached hydrogen (secondary N) is 4. The number of Topliss-reactive ketones (excluding diaryl/α,β-unsaturated/α-hetero) is 1. The van der Waals surface area contributed by atoms with Gasteiger partial charge in [0.2, 0.25) is 23.6 Å². The highest BCUT2D eigenvalue weighted by molar-refractivity contribution is 6.01. The van der Waals surface area contributed by atoms with Crippen LogP contribution in [0.4, 0.5) is 0 Å². The van der Waals surface area contributed by atoms with E-state index in [0.29, 0.717) is 57.6 Å². The van der Waals surface area contributed by atoms with Crippen LogP contribution in [0.3, 0.4) is 0 Å². The molecule has 0 aromatic heterocycles. The van der Waals surface area contributed by atoms with E-state index < -0.39 is 41.9 Å². The van der Waals surface area contributed by atoms with E-state index in [2.05, 4.69) is 27.8 Å². The maximum absolute atomic E-state index is 14.0. The van der Waals surface area contributed by atoms with Gasteiger partial charge in [0, 0.05) is 19.5 Å². The van der Waals surface area contributed by atoms with Crippen LogP contribution < -0.4 is 21.3 Å². The molecule has 0 spiro atoms. The van der Waals surface area contributed by atoms with Gasteiger partial charge >= 0.3 is 0 Å². The lowest BCUT2D eigenvalue weighted by Crippen LogP contribution is -2.59. The molecule has 0 bridgehead atoms. The summed E-state index contributed by atoms with van der Waals surface area (Å²) in [4.78, 5) is 69.9. The van der Waals surface area contributed by atoms with E-state index in [-0.39, 0.29) is 36.5 Å². The number of ether oxygens (including phenoxy) is 1. The molecule has 1 fully saturated rings. The van der Waals surface area contributed by atoms with Crippen LogP contribution in [0, 0.1) is 11.8 Å². The standard InChI is InChI=1S/C40H57N5O6/c1-27(2)23-33(37(47)29(5)6)42-40(50)35(25-31-15-11-8-12-16-31)44-39(49)34(24-28(3)4)43-38(48)32(18-17-30-13-9-7-10-14-30)41-36(46)26-45-19-21-51-22-20-45/h7-16,27-28,32-35H,5,17-26H2,1-4,6H3,(H,41,46)(H,42,50)(H,43,48)(H,44,49)/t32-,33?,34?,35-/m0/s1. The van der Waals surface area contributed by atoms with Crippen LogP contribution in [0.5, 0.6) is 0 Å². The molecule has 0 saturated carbocycles. The fourth-order valence-corrected chi connectivity index (χ4v) is 6.01. The Labute approximate surface area is 303 Å². The van der Waals surface area contributed by atoms with Crippen LogP contribution in [-0.4, -0.2) is 91.3 Å². The lowest BCUT2D eigenvalue weighted by Gasteiger charge is -2.29. The number of carbonyl (C=O) groups is 5. The molecule has 4 atom stereocenters. The van der Waals surface area contributed by atoms with Gasteiger partial charge in [-0.05, 0) is 61.1 Å². The summed E-state index contributed by atoms with van der Waals surface area (Å²) in [6.45, 7) is 15.7. The Morgan fingerprint density at radius 2 is 1.18 bits per heavy atom. The maximum Gasteiger partial charge on any atom is 0.243 e. The Hall–Kier alpha value is -4.35. The molecule has 2 aromatic rings. The summed E-state index contributed by atoms with van der Waals surface area (Å²) >= 11 is 0. The van der Waals surface area contributed by atoms with E-state index in [1.807, 2.05) is 93.3 Å². The van der Waals surface area contributed by atoms with Gasteiger partial charge < -0.3 is 26.0 Å². The first-order valence-corrected chi connectivity index (χ1v) is 18.1. The summed E-state index contributed by atoms with van der Waals surface area (Å²) in [6.07, 6.45) is 1.75. The van der Waals surface area contributed by atoms with Crippen LogP contribution >= 0.6 is 0 Å².